The normalized spacial score (nSPS) is 10.4. The first-order chi connectivity index (χ1) is 12.7. The minimum absolute atomic E-state index is 0.256. The molecule has 3 rings (SSSR count). The molecule has 0 aliphatic rings. The van der Waals surface area contributed by atoms with E-state index in [1.807, 2.05) is 18.2 Å². The minimum atomic E-state index is -0.311. The Hall–Kier alpha value is -3.25. The third kappa shape index (κ3) is 4.43. The molecular formula is C20H18FN3O2. The van der Waals surface area contributed by atoms with Crippen LogP contribution in [0.15, 0.2) is 66.7 Å². The average Bonchev–Trinajstić information content (AvgIpc) is 2.68. The number of carbonyl (C=O) groups is 1. The maximum absolute atomic E-state index is 12.9. The van der Waals surface area contributed by atoms with Gasteiger partial charge >= 0.3 is 0 Å². The molecule has 0 aliphatic heterocycles. The van der Waals surface area contributed by atoms with Gasteiger partial charge in [0.05, 0.1) is 5.69 Å². The second-order valence-corrected chi connectivity index (χ2v) is 5.53. The molecular weight excluding hydrogens is 333 g/mol. The van der Waals surface area contributed by atoms with E-state index in [1.165, 1.54) is 12.1 Å². The topological polar surface area (TPSA) is 77.2 Å². The highest BCUT2D eigenvalue weighted by atomic mass is 19.1. The quantitative estimate of drug-likeness (QED) is 0.714. The summed E-state index contributed by atoms with van der Waals surface area (Å²) in [7, 11) is 0. The van der Waals surface area contributed by atoms with Gasteiger partial charge in [-0.2, -0.15) is 0 Å². The summed E-state index contributed by atoms with van der Waals surface area (Å²) in [5.74, 6) is 0.607. The molecule has 1 aromatic heterocycles. The molecule has 1 heterocycles. The third-order valence-corrected chi connectivity index (χ3v) is 3.61. The first-order valence-electron chi connectivity index (χ1n) is 8.15. The van der Waals surface area contributed by atoms with Crippen molar-refractivity contribution in [2.75, 3.05) is 13.1 Å². The fourth-order valence-corrected chi connectivity index (χ4v) is 2.33. The van der Waals surface area contributed by atoms with Gasteiger partial charge in [-0.1, -0.05) is 6.07 Å². The Morgan fingerprint density at radius 2 is 1.65 bits per heavy atom. The van der Waals surface area contributed by atoms with Gasteiger partial charge in [0.2, 0.25) is 0 Å². The van der Waals surface area contributed by atoms with E-state index in [2.05, 4.69) is 10.3 Å². The van der Waals surface area contributed by atoms with Crippen LogP contribution < -0.4 is 15.8 Å². The molecule has 0 radical (unpaired) electrons. The van der Waals surface area contributed by atoms with Crippen LogP contribution in [0.25, 0.3) is 11.3 Å². The van der Waals surface area contributed by atoms with E-state index in [4.69, 9.17) is 10.5 Å². The van der Waals surface area contributed by atoms with Crippen molar-refractivity contribution >= 4 is 5.91 Å². The van der Waals surface area contributed by atoms with Crippen molar-refractivity contribution in [2.24, 2.45) is 5.73 Å². The molecule has 0 saturated carbocycles. The largest absolute Gasteiger partial charge is 0.457 e. The molecule has 0 unspecified atom stereocenters. The number of carbonyl (C=O) groups excluding carboxylic acids is 1. The lowest BCUT2D eigenvalue weighted by molar-refractivity contribution is 0.0950. The number of benzene rings is 2. The van der Waals surface area contributed by atoms with Crippen LogP contribution in [0.5, 0.6) is 11.5 Å². The Balaban J connectivity index is 1.74. The Morgan fingerprint density at radius 3 is 2.31 bits per heavy atom. The summed E-state index contributed by atoms with van der Waals surface area (Å²) in [6.07, 6.45) is 0. The maximum atomic E-state index is 12.9. The number of ether oxygens (including phenoxy) is 1. The Bertz CT molecular complexity index is 880. The zero-order valence-corrected chi connectivity index (χ0v) is 14.0. The predicted molar refractivity (Wildman–Crippen MR) is 97.5 cm³/mol. The van der Waals surface area contributed by atoms with Crippen LogP contribution in [0, 0.1) is 5.82 Å². The number of halogens is 1. The fourth-order valence-electron chi connectivity index (χ4n) is 2.33. The van der Waals surface area contributed by atoms with Crippen LogP contribution >= 0.6 is 0 Å². The summed E-state index contributed by atoms with van der Waals surface area (Å²) >= 11 is 0. The zero-order valence-electron chi connectivity index (χ0n) is 14.0. The van der Waals surface area contributed by atoms with Gasteiger partial charge in [0.15, 0.2) is 0 Å². The maximum Gasteiger partial charge on any atom is 0.269 e. The average molecular weight is 351 g/mol. The predicted octanol–water partition coefficient (Wildman–Crippen LogP) is 3.37. The van der Waals surface area contributed by atoms with E-state index >= 15 is 0 Å². The van der Waals surface area contributed by atoms with Crippen molar-refractivity contribution < 1.29 is 13.9 Å². The summed E-state index contributed by atoms with van der Waals surface area (Å²) in [5, 5.41) is 2.69. The molecule has 0 atom stereocenters. The molecule has 3 aromatic rings. The molecule has 0 spiro atoms. The van der Waals surface area contributed by atoms with Gasteiger partial charge in [0.1, 0.15) is 23.0 Å². The first kappa shape index (κ1) is 17.6. The smallest absolute Gasteiger partial charge is 0.269 e. The lowest BCUT2D eigenvalue weighted by Crippen LogP contribution is -2.29. The lowest BCUT2D eigenvalue weighted by atomic mass is 10.1. The highest BCUT2D eigenvalue weighted by Crippen LogP contribution is 2.25. The second-order valence-electron chi connectivity index (χ2n) is 5.53. The van der Waals surface area contributed by atoms with Crippen LogP contribution in [-0.2, 0) is 0 Å². The van der Waals surface area contributed by atoms with Gasteiger partial charge in [0.25, 0.3) is 5.91 Å². The molecule has 1 amide bonds. The molecule has 0 saturated heterocycles. The number of aromatic nitrogens is 1. The van der Waals surface area contributed by atoms with Crippen molar-refractivity contribution in [3.8, 4) is 22.8 Å². The number of nitrogens with one attached hydrogen (secondary N) is 1. The summed E-state index contributed by atoms with van der Waals surface area (Å²) < 4.78 is 18.6. The monoisotopic (exact) mass is 351 g/mol. The first-order valence-corrected chi connectivity index (χ1v) is 8.15. The Labute approximate surface area is 150 Å². The van der Waals surface area contributed by atoms with Gasteiger partial charge in [-0.15, -0.1) is 0 Å². The standard InChI is InChI=1S/C20H18FN3O2/c21-15-6-10-17(11-7-15)26-16-8-4-14(5-9-16)18-2-1-3-19(24-18)20(25)23-13-12-22/h1-11H,12-13,22H2,(H,23,25). The number of rotatable bonds is 6. The minimum Gasteiger partial charge on any atom is -0.457 e. The van der Waals surface area contributed by atoms with Crippen LogP contribution in [0.4, 0.5) is 4.39 Å². The second kappa shape index (κ2) is 8.22. The summed E-state index contributed by atoms with van der Waals surface area (Å²) in [4.78, 5) is 16.4. The number of pyridine rings is 1. The van der Waals surface area contributed by atoms with E-state index in [0.29, 0.717) is 36.0 Å². The van der Waals surface area contributed by atoms with Gasteiger partial charge in [-0.05, 0) is 60.7 Å². The lowest BCUT2D eigenvalue weighted by Gasteiger charge is -2.08. The molecule has 3 N–H and O–H groups in total. The molecule has 2 aromatic carbocycles. The fraction of sp³-hybridized carbons (Fsp3) is 0.100. The molecule has 0 bridgehead atoms. The molecule has 6 heteroatoms. The summed E-state index contributed by atoms with van der Waals surface area (Å²) in [6, 6.07) is 18.4. The van der Waals surface area contributed by atoms with E-state index in [-0.39, 0.29) is 11.7 Å². The van der Waals surface area contributed by atoms with Crippen LogP contribution in [0.2, 0.25) is 0 Å². The molecule has 0 aliphatic carbocycles. The van der Waals surface area contributed by atoms with Crippen LogP contribution in [0.1, 0.15) is 10.5 Å². The van der Waals surface area contributed by atoms with Crippen LogP contribution in [0.3, 0.4) is 0 Å². The van der Waals surface area contributed by atoms with Crippen molar-refractivity contribution in [1.29, 1.82) is 0 Å². The van der Waals surface area contributed by atoms with Gasteiger partial charge in [-0.25, -0.2) is 9.37 Å². The number of amides is 1. The highest BCUT2D eigenvalue weighted by molar-refractivity contribution is 5.92. The van der Waals surface area contributed by atoms with Crippen molar-refractivity contribution in [3.63, 3.8) is 0 Å². The third-order valence-electron chi connectivity index (χ3n) is 3.61. The van der Waals surface area contributed by atoms with E-state index < -0.39 is 0 Å². The van der Waals surface area contributed by atoms with E-state index in [1.54, 1.807) is 36.4 Å². The number of nitrogens with zero attached hydrogens (tertiary/aromatic N) is 1. The molecule has 0 fully saturated rings. The summed E-state index contributed by atoms with van der Waals surface area (Å²) in [6.45, 7) is 0.779. The molecule has 5 nitrogen and oxygen atoms in total. The number of hydrogen-bond donors (Lipinski definition) is 2. The van der Waals surface area contributed by atoms with Crippen LogP contribution in [-0.4, -0.2) is 24.0 Å². The molecule has 132 valence electrons. The van der Waals surface area contributed by atoms with E-state index in [0.717, 1.165) is 5.56 Å². The van der Waals surface area contributed by atoms with Gasteiger partial charge in [0, 0.05) is 18.7 Å². The van der Waals surface area contributed by atoms with Gasteiger partial charge in [-0.3, -0.25) is 4.79 Å². The van der Waals surface area contributed by atoms with Crippen molar-refractivity contribution in [3.05, 3.63) is 78.2 Å². The SMILES string of the molecule is NCCNC(=O)c1cccc(-c2ccc(Oc3ccc(F)cc3)cc2)n1. The highest BCUT2D eigenvalue weighted by Gasteiger charge is 2.08. The Kier molecular flexibility index (Phi) is 5.56. The van der Waals surface area contributed by atoms with Crippen molar-refractivity contribution in [1.82, 2.24) is 10.3 Å². The number of hydrogen-bond acceptors (Lipinski definition) is 4. The molecule has 26 heavy (non-hydrogen) atoms. The van der Waals surface area contributed by atoms with Crippen molar-refractivity contribution in [2.45, 2.75) is 0 Å². The zero-order chi connectivity index (χ0) is 18.4. The Morgan fingerprint density at radius 1 is 1.00 bits per heavy atom. The van der Waals surface area contributed by atoms with Gasteiger partial charge < -0.3 is 15.8 Å². The van der Waals surface area contributed by atoms with E-state index in [9.17, 15) is 9.18 Å². The number of nitrogens with two attached hydrogens (primary N) is 1. The summed E-state index contributed by atoms with van der Waals surface area (Å²) in [5.41, 5.74) is 7.25.